The monoisotopic (exact) mass is 700 g/mol. The summed E-state index contributed by atoms with van der Waals surface area (Å²) in [5, 5.41) is 33.2. The van der Waals surface area contributed by atoms with Gasteiger partial charge in [-0.25, -0.2) is 0 Å². The lowest BCUT2D eigenvalue weighted by molar-refractivity contribution is -0.124. The van der Waals surface area contributed by atoms with Crippen molar-refractivity contribution in [3.8, 4) is 0 Å². The second kappa shape index (κ2) is 39.8. The Morgan fingerprint density at radius 1 is 0.520 bits per heavy atom. The number of hydrogen-bond donors (Lipinski definition) is 4. The molecule has 5 nitrogen and oxygen atoms in total. The fraction of sp³-hybridized carbons (Fsp3) is 0.756. The van der Waals surface area contributed by atoms with Gasteiger partial charge in [-0.15, -0.1) is 0 Å². The molecule has 0 aromatic carbocycles. The van der Waals surface area contributed by atoms with Crippen molar-refractivity contribution in [2.24, 2.45) is 0 Å². The van der Waals surface area contributed by atoms with Crippen molar-refractivity contribution >= 4 is 5.91 Å². The summed E-state index contributed by atoms with van der Waals surface area (Å²) in [5.74, 6) is -0.336. The van der Waals surface area contributed by atoms with Crippen LogP contribution in [-0.2, 0) is 4.79 Å². The van der Waals surface area contributed by atoms with Crippen molar-refractivity contribution in [1.82, 2.24) is 5.32 Å². The highest BCUT2D eigenvalue weighted by atomic mass is 16.3. The van der Waals surface area contributed by atoms with E-state index in [4.69, 9.17) is 0 Å². The van der Waals surface area contributed by atoms with Gasteiger partial charge in [0.15, 0.2) is 0 Å². The first-order valence-electron chi connectivity index (χ1n) is 21.1. The maximum Gasteiger partial charge on any atom is 0.222 e. The van der Waals surface area contributed by atoms with Crippen LogP contribution in [0.5, 0.6) is 0 Å². The predicted octanol–water partition coefficient (Wildman–Crippen LogP) is 11.9. The Morgan fingerprint density at radius 3 is 1.44 bits per heavy atom. The van der Waals surface area contributed by atoms with E-state index in [-0.39, 0.29) is 18.9 Å². The highest BCUT2D eigenvalue weighted by Crippen LogP contribution is 2.13. The molecular weight excluding hydrogens is 618 g/mol. The highest BCUT2D eigenvalue weighted by molar-refractivity contribution is 5.76. The number of aliphatic hydroxyl groups is 3. The van der Waals surface area contributed by atoms with Crippen LogP contribution in [0.3, 0.4) is 0 Å². The van der Waals surface area contributed by atoms with Gasteiger partial charge in [0, 0.05) is 0 Å². The molecule has 50 heavy (non-hydrogen) atoms. The van der Waals surface area contributed by atoms with Crippen LogP contribution in [0.2, 0.25) is 0 Å². The average Bonchev–Trinajstić information content (AvgIpc) is 3.11. The van der Waals surface area contributed by atoms with Crippen LogP contribution in [-0.4, -0.2) is 46.1 Å². The molecule has 0 radical (unpaired) electrons. The average molecular weight is 700 g/mol. The van der Waals surface area contributed by atoms with Gasteiger partial charge < -0.3 is 20.6 Å². The normalized spacial score (nSPS) is 14.3. The zero-order valence-electron chi connectivity index (χ0n) is 32.8. The van der Waals surface area contributed by atoms with Crippen LogP contribution in [0.15, 0.2) is 60.8 Å². The Morgan fingerprint density at radius 2 is 0.920 bits per heavy atom. The molecule has 3 unspecified atom stereocenters. The van der Waals surface area contributed by atoms with E-state index in [2.05, 4.69) is 67.8 Å². The smallest absolute Gasteiger partial charge is 0.222 e. The molecule has 0 aliphatic rings. The zero-order valence-corrected chi connectivity index (χ0v) is 32.8. The third-order valence-electron chi connectivity index (χ3n) is 9.28. The number of carbonyl (C=O) groups is 1. The van der Waals surface area contributed by atoms with Gasteiger partial charge in [0.1, 0.15) is 0 Å². The Bertz CT molecular complexity index is 861. The Balaban J connectivity index is 3.79. The van der Waals surface area contributed by atoms with Crippen molar-refractivity contribution in [3.63, 3.8) is 0 Å². The molecule has 0 bridgehead atoms. The maximum absolute atomic E-state index is 12.4. The molecule has 3 atom stereocenters. The van der Waals surface area contributed by atoms with Gasteiger partial charge in [-0.3, -0.25) is 4.79 Å². The summed E-state index contributed by atoms with van der Waals surface area (Å²) < 4.78 is 0. The first kappa shape index (κ1) is 48.0. The Hall–Kier alpha value is -1.95. The van der Waals surface area contributed by atoms with E-state index >= 15 is 0 Å². The molecule has 1 amide bonds. The summed E-state index contributed by atoms with van der Waals surface area (Å²) in [7, 11) is 0. The van der Waals surface area contributed by atoms with Crippen LogP contribution in [0.4, 0.5) is 0 Å². The van der Waals surface area contributed by atoms with Crippen molar-refractivity contribution in [1.29, 1.82) is 0 Å². The molecule has 0 fully saturated rings. The van der Waals surface area contributed by atoms with Gasteiger partial charge in [-0.05, 0) is 70.6 Å². The van der Waals surface area contributed by atoms with Crippen LogP contribution in [0.25, 0.3) is 0 Å². The summed E-state index contributed by atoms with van der Waals surface area (Å²) in [5.41, 5.74) is 0. The van der Waals surface area contributed by atoms with E-state index in [1.165, 1.54) is 122 Å². The summed E-state index contributed by atoms with van der Waals surface area (Å²) in [6.45, 7) is 4.15. The third kappa shape index (κ3) is 35.9. The van der Waals surface area contributed by atoms with Crippen molar-refractivity contribution < 1.29 is 20.1 Å². The number of aliphatic hydroxyl groups excluding tert-OH is 3. The molecule has 290 valence electrons. The fourth-order valence-corrected chi connectivity index (χ4v) is 6.01. The molecule has 0 saturated carbocycles. The molecule has 0 saturated heterocycles. The zero-order chi connectivity index (χ0) is 36.6. The fourth-order valence-electron chi connectivity index (χ4n) is 6.01. The maximum atomic E-state index is 12.4. The van der Waals surface area contributed by atoms with Crippen LogP contribution >= 0.6 is 0 Å². The molecule has 0 aliphatic heterocycles. The minimum Gasteiger partial charge on any atom is -0.394 e. The lowest BCUT2D eigenvalue weighted by Crippen LogP contribution is -2.45. The van der Waals surface area contributed by atoms with Crippen LogP contribution in [0.1, 0.15) is 194 Å². The molecule has 0 aromatic heterocycles. The number of rotatable bonds is 37. The van der Waals surface area contributed by atoms with E-state index in [1.54, 1.807) is 6.08 Å². The van der Waals surface area contributed by atoms with Gasteiger partial charge in [-0.1, -0.05) is 177 Å². The number of allylic oxidation sites excluding steroid dienone is 9. The highest BCUT2D eigenvalue weighted by Gasteiger charge is 2.20. The van der Waals surface area contributed by atoms with E-state index in [9.17, 15) is 20.1 Å². The minimum atomic E-state index is -0.963. The molecule has 0 aliphatic carbocycles. The van der Waals surface area contributed by atoms with Crippen molar-refractivity contribution in [2.75, 3.05) is 6.61 Å². The molecular formula is C45H81NO4. The number of hydrogen-bond acceptors (Lipinski definition) is 4. The first-order valence-corrected chi connectivity index (χ1v) is 21.1. The standard InChI is InChI=1S/C45H81NO4/c1-3-5-7-9-11-13-15-17-19-21-23-25-27-29-31-33-35-37-39-44(49)43(41-47)46-45(50)40-42(48)38-36-34-32-30-28-26-24-22-20-18-16-14-12-10-8-6-4-2/h12,14,16,18,21,23,29,31,37,39,42-44,47-49H,3-11,13,15,17,19-20,22,24-28,30,32-36,38,40-41H2,1-2H3,(H,46,50)/b14-12-,18-16-,23-21+,31-29+,39-37+. The molecule has 0 spiro atoms. The van der Waals surface area contributed by atoms with E-state index in [1.807, 2.05) is 6.08 Å². The van der Waals surface area contributed by atoms with Crippen molar-refractivity contribution in [2.45, 2.75) is 212 Å². The van der Waals surface area contributed by atoms with Gasteiger partial charge in [0.2, 0.25) is 5.91 Å². The summed E-state index contributed by atoms with van der Waals surface area (Å²) in [4.78, 5) is 12.4. The van der Waals surface area contributed by atoms with E-state index in [0.717, 1.165) is 44.9 Å². The lowest BCUT2D eigenvalue weighted by atomic mass is 10.0. The molecule has 0 aromatic rings. The summed E-state index contributed by atoms with van der Waals surface area (Å²) in [6, 6.07) is -0.771. The number of amides is 1. The van der Waals surface area contributed by atoms with Crippen LogP contribution in [0, 0.1) is 0 Å². The van der Waals surface area contributed by atoms with Crippen LogP contribution < -0.4 is 5.32 Å². The second-order valence-corrected chi connectivity index (χ2v) is 14.3. The summed E-state index contributed by atoms with van der Waals surface area (Å²) in [6.07, 6.45) is 52.1. The number of nitrogens with one attached hydrogen (secondary N) is 1. The molecule has 4 N–H and O–H groups in total. The topological polar surface area (TPSA) is 89.8 Å². The molecule has 0 heterocycles. The second-order valence-electron chi connectivity index (χ2n) is 14.3. The largest absolute Gasteiger partial charge is 0.394 e. The number of carbonyl (C=O) groups excluding carboxylic acids is 1. The van der Waals surface area contributed by atoms with E-state index in [0.29, 0.717) is 6.42 Å². The quantitative estimate of drug-likeness (QED) is 0.0295. The SMILES string of the molecule is CCCCC/C=C\C=C/CCCCCCCCCCC(O)CC(=O)NC(CO)C(O)/C=C/CC/C=C/CC/C=C/CCCCCCCCCC. The predicted molar refractivity (Wildman–Crippen MR) is 217 cm³/mol. The van der Waals surface area contributed by atoms with Gasteiger partial charge >= 0.3 is 0 Å². The van der Waals surface area contributed by atoms with Crippen molar-refractivity contribution in [3.05, 3.63) is 60.8 Å². The van der Waals surface area contributed by atoms with Gasteiger partial charge in [-0.2, -0.15) is 0 Å². The number of unbranched alkanes of at least 4 members (excludes halogenated alkanes) is 21. The minimum absolute atomic E-state index is 0.00476. The Kier molecular flexibility index (Phi) is 38.3. The Labute approximate surface area is 309 Å². The third-order valence-corrected chi connectivity index (χ3v) is 9.28. The van der Waals surface area contributed by atoms with Gasteiger partial charge in [0.25, 0.3) is 0 Å². The van der Waals surface area contributed by atoms with E-state index < -0.39 is 18.2 Å². The lowest BCUT2D eigenvalue weighted by Gasteiger charge is -2.21. The molecule has 0 rings (SSSR count). The van der Waals surface area contributed by atoms with Gasteiger partial charge in [0.05, 0.1) is 31.3 Å². The summed E-state index contributed by atoms with van der Waals surface area (Å²) >= 11 is 0. The molecule has 5 heteroatoms. The first-order chi connectivity index (χ1) is 24.5.